The van der Waals surface area contributed by atoms with Crippen molar-refractivity contribution in [3.63, 3.8) is 0 Å². The van der Waals surface area contributed by atoms with Gasteiger partial charge in [-0.25, -0.2) is 9.78 Å². The predicted octanol–water partition coefficient (Wildman–Crippen LogP) is 2.88. The Balaban J connectivity index is 2.35. The number of esters is 1. The van der Waals surface area contributed by atoms with Crippen LogP contribution in [0.3, 0.4) is 0 Å². The number of hydrogen-bond donors (Lipinski definition) is 1. The molecule has 2 rings (SSSR count). The van der Waals surface area contributed by atoms with Gasteiger partial charge in [0, 0.05) is 19.0 Å². The summed E-state index contributed by atoms with van der Waals surface area (Å²) < 4.78 is 16.3. The maximum absolute atomic E-state index is 12.6. The highest BCUT2D eigenvalue weighted by molar-refractivity contribution is 5.76. The Morgan fingerprint density at radius 1 is 1.21 bits per heavy atom. The molecule has 1 aromatic rings. The molecule has 162 valence electrons. The summed E-state index contributed by atoms with van der Waals surface area (Å²) in [7, 11) is 1.48. The van der Waals surface area contributed by atoms with Gasteiger partial charge in [-0.2, -0.15) is 0 Å². The van der Waals surface area contributed by atoms with E-state index >= 15 is 0 Å². The molecule has 0 aliphatic carbocycles. The molecule has 0 spiro atoms. The van der Waals surface area contributed by atoms with Gasteiger partial charge in [-0.1, -0.05) is 6.07 Å². The fraction of sp³-hybridized carbons (Fsp3) is 0.667. The molecule has 1 amide bonds. The van der Waals surface area contributed by atoms with Crippen LogP contribution in [0.1, 0.15) is 53.7 Å². The van der Waals surface area contributed by atoms with E-state index in [2.05, 4.69) is 4.98 Å². The quantitative estimate of drug-likeness (QED) is 0.768. The van der Waals surface area contributed by atoms with Gasteiger partial charge in [0.25, 0.3) is 0 Å². The molecule has 1 fully saturated rings. The maximum atomic E-state index is 12.6. The Bertz CT molecular complexity index is 752. The molecular weight excluding hydrogens is 376 g/mol. The highest BCUT2D eigenvalue weighted by Gasteiger charge is 2.49. The smallest absolute Gasteiger partial charge is 0.410 e. The lowest BCUT2D eigenvalue weighted by atomic mass is 9.84. The van der Waals surface area contributed by atoms with Crippen molar-refractivity contribution >= 4 is 12.1 Å². The number of rotatable bonds is 3. The Kier molecular flexibility index (Phi) is 6.47. The van der Waals surface area contributed by atoms with Gasteiger partial charge in [-0.15, -0.1) is 0 Å². The first kappa shape index (κ1) is 22.9. The van der Waals surface area contributed by atoms with Crippen LogP contribution >= 0.6 is 0 Å². The number of pyridine rings is 1. The first-order chi connectivity index (χ1) is 13.3. The lowest BCUT2D eigenvalue weighted by molar-refractivity contribution is -0.186. The fourth-order valence-electron chi connectivity index (χ4n) is 2.90. The van der Waals surface area contributed by atoms with Crippen molar-refractivity contribution in [2.24, 2.45) is 5.41 Å². The molecule has 8 heteroatoms. The van der Waals surface area contributed by atoms with E-state index < -0.39 is 34.8 Å². The molecular formula is C21H32N2O6. The molecule has 2 heterocycles. The summed E-state index contributed by atoms with van der Waals surface area (Å²) in [4.78, 5) is 30.9. The Labute approximate surface area is 172 Å². The van der Waals surface area contributed by atoms with Crippen LogP contribution < -0.4 is 4.74 Å². The number of ether oxygens (including phenoxy) is 3. The zero-order valence-electron chi connectivity index (χ0n) is 18.3. The third kappa shape index (κ3) is 5.59. The molecule has 0 aromatic carbocycles. The average molecular weight is 408 g/mol. The molecule has 1 aliphatic rings. The normalized spacial score (nSPS) is 22.8. The van der Waals surface area contributed by atoms with Gasteiger partial charge < -0.3 is 24.2 Å². The minimum absolute atomic E-state index is 0.00781. The summed E-state index contributed by atoms with van der Waals surface area (Å²) in [5, 5.41) is 11.5. The third-order valence-corrected chi connectivity index (χ3v) is 4.57. The summed E-state index contributed by atoms with van der Waals surface area (Å²) in [6.45, 7) is 10.7. The molecule has 0 saturated carbocycles. The molecule has 8 nitrogen and oxygen atoms in total. The van der Waals surface area contributed by atoms with Crippen molar-refractivity contribution < 1.29 is 28.9 Å². The highest BCUT2D eigenvalue weighted by Crippen LogP contribution is 2.36. The lowest BCUT2D eigenvalue weighted by Crippen LogP contribution is -2.58. The Morgan fingerprint density at radius 3 is 2.41 bits per heavy atom. The van der Waals surface area contributed by atoms with Gasteiger partial charge in [-0.3, -0.25) is 4.79 Å². The van der Waals surface area contributed by atoms with Crippen LogP contribution in [-0.2, 0) is 19.9 Å². The number of amides is 1. The number of methoxy groups -OCH3 is 1. The Hall–Kier alpha value is -2.35. The molecule has 1 aliphatic heterocycles. The number of nitrogens with zero attached hydrogens (tertiary/aromatic N) is 2. The zero-order chi connectivity index (χ0) is 22.0. The predicted molar refractivity (Wildman–Crippen MR) is 106 cm³/mol. The van der Waals surface area contributed by atoms with Crippen LogP contribution in [0.25, 0.3) is 0 Å². The number of carbonyl (C=O) groups is 2. The maximum Gasteiger partial charge on any atom is 0.410 e. The van der Waals surface area contributed by atoms with E-state index in [0.29, 0.717) is 11.6 Å². The number of carbonyl (C=O) groups excluding carboxylic acids is 2. The lowest BCUT2D eigenvalue weighted by Gasteiger charge is -2.44. The van der Waals surface area contributed by atoms with Crippen LogP contribution in [0.4, 0.5) is 4.79 Å². The number of aromatic nitrogens is 1. The van der Waals surface area contributed by atoms with Crippen LogP contribution in [0.5, 0.6) is 5.88 Å². The van der Waals surface area contributed by atoms with Crippen molar-refractivity contribution in [2.75, 3.05) is 20.2 Å². The molecule has 1 saturated heterocycles. The van der Waals surface area contributed by atoms with Crippen LogP contribution in [0, 0.1) is 5.41 Å². The van der Waals surface area contributed by atoms with Gasteiger partial charge in [0.1, 0.15) is 11.2 Å². The van der Waals surface area contributed by atoms with Gasteiger partial charge in [0.2, 0.25) is 5.88 Å². The molecule has 0 unspecified atom stereocenters. The van der Waals surface area contributed by atoms with Gasteiger partial charge in [0.15, 0.2) is 6.10 Å². The van der Waals surface area contributed by atoms with E-state index in [9.17, 15) is 14.7 Å². The number of hydrogen-bond acceptors (Lipinski definition) is 7. The van der Waals surface area contributed by atoms with E-state index in [1.165, 1.54) is 12.0 Å². The summed E-state index contributed by atoms with van der Waals surface area (Å²) in [5.74, 6) is -0.138. The van der Waals surface area contributed by atoms with Crippen molar-refractivity contribution in [1.29, 1.82) is 0 Å². The number of aliphatic hydroxyl groups is 1. The van der Waals surface area contributed by atoms with E-state index in [-0.39, 0.29) is 19.5 Å². The van der Waals surface area contributed by atoms with Crippen LogP contribution in [-0.4, -0.2) is 59.0 Å². The van der Waals surface area contributed by atoms with Gasteiger partial charge in [0.05, 0.1) is 24.8 Å². The molecule has 29 heavy (non-hydrogen) atoms. The summed E-state index contributed by atoms with van der Waals surface area (Å²) in [6, 6.07) is 5.03. The van der Waals surface area contributed by atoms with E-state index in [4.69, 9.17) is 14.2 Å². The second-order valence-electron chi connectivity index (χ2n) is 9.31. The number of piperidine rings is 1. The molecule has 1 aromatic heterocycles. The average Bonchev–Trinajstić information content (AvgIpc) is 2.61. The summed E-state index contributed by atoms with van der Waals surface area (Å²) >= 11 is 0. The third-order valence-electron chi connectivity index (χ3n) is 4.57. The molecule has 0 radical (unpaired) electrons. The zero-order valence-corrected chi connectivity index (χ0v) is 18.3. The standard InChI is InChI=1S/C21H32N2O6/c1-19(2,3)17(24)28-15-13-23(18(25)29-20(4,5)6)12-11-21(15,26)14-9-8-10-16(22-14)27-7/h8-10,15,26H,11-13H2,1-7H3/t15-,21-/m0/s1. The van der Waals surface area contributed by atoms with E-state index in [0.717, 1.165) is 0 Å². The topological polar surface area (TPSA) is 98.2 Å². The monoisotopic (exact) mass is 408 g/mol. The van der Waals surface area contributed by atoms with Gasteiger partial charge >= 0.3 is 12.1 Å². The summed E-state index contributed by atoms with van der Waals surface area (Å²) in [6.07, 6.45) is -1.39. The van der Waals surface area contributed by atoms with Gasteiger partial charge in [-0.05, 0) is 47.6 Å². The van der Waals surface area contributed by atoms with Crippen molar-refractivity contribution in [1.82, 2.24) is 9.88 Å². The first-order valence-electron chi connectivity index (χ1n) is 9.69. The Morgan fingerprint density at radius 2 is 1.86 bits per heavy atom. The van der Waals surface area contributed by atoms with Crippen LogP contribution in [0.2, 0.25) is 0 Å². The van der Waals surface area contributed by atoms with Crippen molar-refractivity contribution in [3.8, 4) is 5.88 Å². The SMILES string of the molecule is COc1cccc([C@@]2(O)CCN(C(=O)OC(C)(C)C)C[C@@H]2OC(=O)C(C)(C)C)n1. The van der Waals surface area contributed by atoms with E-state index in [1.807, 2.05) is 0 Å². The first-order valence-corrected chi connectivity index (χ1v) is 9.69. The molecule has 0 bridgehead atoms. The minimum atomic E-state index is -1.56. The highest BCUT2D eigenvalue weighted by atomic mass is 16.6. The largest absolute Gasteiger partial charge is 0.481 e. The second kappa shape index (κ2) is 8.18. The van der Waals surface area contributed by atoms with Crippen molar-refractivity contribution in [2.45, 2.75) is 65.3 Å². The van der Waals surface area contributed by atoms with Crippen molar-refractivity contribution in [3.05, 3.63) is 23.9 Å². The summed E-state index contributed by atoms with van der Waals surface area (Å²) in [5.41, 5.74) is -2.66. The molecule has 1 N–H and O–H groups in total. The van der Waals surface area contributed by atoms with E-state index in [1.54, 1.807) is 59.7 Å². The fourth-order valence-corrected chi connectivity index (χ4v) is 2.90. The second-order valence-corrected chi connectivity index (χ2v) is 9.31. The van der Waals surface area contributed by atoms with Crippen LogP contribution in [0.15, 0.2) is 18.2 Å². The number of likely N-dealkylation sites (tertiary alicyclic amines) is 1. The molecule has 2 atom stereocenters. The minimum Gasteiger partial charge on any atom is -0.481 e.